The number of benzene rings is 4. The van der Waals surface area contributed by atoms with Gasteiger partial charge in [0.15, 0.2) is 11.9 Å². The molecule has 31 nitrogen and oxygen atoms in total. The molecule has 2 aliphatic heterocycles. The van der Waals surface area contributed by atoms with Gasteiger partial charge in [0.2, 0.25) is 41.4 Å². The van der Waals surface area contributed by atoms with Crippen LogP contribution < -0.4 is 54.8 Å². The minimum absolute atomic E-state index is 0. The van der Waals surface area contributed by atoms with Gasteiger partial charge in [-0.2, -0.15) is 0 Å². The number of hydrogen-bond donors (Lipinski definition) is 14. The van der Waals surface area contributed by atoms with Crippen molar-refractivity contribution >= 4 is 114 Å². The molecule has 18 N–H and O–H groups in total. The first-order chi connectivity index (χ1) is 47.4. The fourth-order valence-electron chi connectivity index (χ4n) is 11.4. The van der Waals surface area contributed by atoms with Crippen LogP contribution >= 0.6 is 11.8 Å². The fraction of sp³-hybridized carbons (Fsp3) is 0.493. The third-order valence-corrected chi connectivity index (χ3v) is 17.7. The number of carbonyl (C=O) groups excluding carboxylic acids is 7. The first-order valence-corrected chi connectivity index (χ1v) is 34.2. The van der Waals surface area contributed by atoms with Crippen LogP contribution in [-0.2, 0) is 73.9 Å². The molecule has 0 spiro atoms. The molecule has 5 atom stereocenters. The molecule has 2 aliphatic rings. The molecule has 0 aromatic heterocycles. The Balaban J connectivity index is 0.0000180. The molecule has 0 saturated carbocycles. The minimum atomic E-state index is -1.44. The van der Waals surface area contributed by atoms with Crippen molar-refractivity contribution in [1.29, 1.82) is 0 Å². The number of nitrogens with two attached hydrogens (primary N) is 4. The summed E-state index contributed by atoms with van der Waals surface area (Å²) in [6.07, 6.45) is 2.34. The number of carbonyl (C=O) groups is 10. The summed E-state index contributed by atoms with van der Waals surface area (Å²) in [6.45, 7) is 3.06. The van der Waals surface area contributed by atoms with Gasteiger partial charge in [0.1, 0.15) is 36.0 Å². The molecule has 0 bridgehead atoms. The van der Waals surface area contributed by atoms with E-state index in [1.54, 1.807) is 51.1 Å². The van der Waals surface area contributed by atoms with Crippen LogP contribution in [0.4, 0.5) is 0 Å². The zero-order valence-electron chi connectivity index (χ0n) is 56.4. The molecule has 7 amide bonds. The largest absolute Gasteiger partial charge is 3.00 e. The van der Waals surface area contributed by atoms with Crippen LogP contribution in [0.25, 0.3) is 10.8 Å². The number of aliphatic imine (C=N–C) groups is 2. The van der Waals surface area contributed by atoms with Crippen molar-refractivity contribution in [2.24, 2.45) is 32.9 Å². The third-order valence-electron chi connectivity index (χ3n) is 16.7. The summed E-state index contributed by atoms with van der Waals surface area (Å²) in [5.41, 5.74) is 24.8. The normalized spacial score (nSPS) is 19.1. The number of carboxylic acids is 3. The maximum atomic E-state index is 15.3. The van der Waals surface area contributed by atoms with Gasteiger partial charge in [0.25, 0.3) is 0 Å². The summed E-state index contributed by atoms with van der Waals surface area (Å²) in [5.74, 6) is -8.40. The van der Waals surface area contributed by atoms with Crippen LogP contribution in [0.2, 0.25) is 0 Å². The topological polar surface area (TPSA) is 469 Å². The fourth-order valence-corrected chi connectivity index (χ4v) is 12.2. The molecule has 100 heavy (non-hydrogen) atoms. The maximum Gasteiger partial charge on any atom is 3.00 e. The van der Waals surface area contributed by atoms with E-state index in [2.05, 4.69) is 41.9 Å². The molecule has 33 heteroatoms. The van der Waals surface area contributed by atoms with E-state index in [1.807, 2.05) is 47.4 Å². The zero-order chi connectivity index (χ0) is 71.8. The number of nitrogens with one attached hydrogen (secondary N) is 6. The summed E-state index contributed by atoms with van der Waals surface area (Å²) in [7, 11) is 0. The Morgan fingerprint density at radius 1 is 0.510 bits per heavy atom. The Morgan fingerprint density at radius 2 is 0.980 bits per heavy atom. The van der Waals surface area contributed by atoms with E-state index in [9.17, 15) is 58.8 Å². The summed E-state index contributed by atoms with van der Waals surface area (Å²) < 4.78 is 0. The van der Waals surface area contributed by atoms with Crippen molar-refractivity contribution in [3.05, 3.63) is 113 Å². The Kier molecular flexibility index (Phi) is 35.0. The number of hydrogen-bond acceptors (Lipinski definition) is 18. The number of guanidine groups is 2. The van der Waals surface area contributed by atoms with E-state index in [4.69, 9.17) is 22.9 Å². The first-order valence-electron chi connectivity index (χ1n) is 33.0. The van der Waals surface area contributed by atoms with Crippen molar-refractivity contribution in [3.8, 4) is 5.75 Å². The van der Waals surface area contributed by atoms with Gasteiger partial charge in [-0.3, -0.25) is 77.5 Å². The quantitative estimate of drug-likeness (QED) is 0.0114. The number of amides is 7. The van der Waals surface area contributed by atoms with Crippen LogP contribution in [0.3, 0.4) is 0 Å². The third kappa shape index (κ3) is 29.8. The van der Waals surface area contributed by atoms with Gasteiger partial charge in [0.05, 0.1) is 31.9 Å². The molecule has 6 rings (SSSR count). The van der Waals surface area contributed by atoms with Gasteiger partial charge in [-0.1, -0.05) is 91.7 Å². The molecule has 4 aromatic carbocycles. The van der Waals surface area contributed by atoms with Crippen molar-refractivity contribution in [3.63, 3.8) is 0 Å². The smallest absolute Gasteiger partial charge is 0.508 e. The van der Waals surface area contributed by atoms with Gasteiger partial charge < -0.3 is 80.2 Å². The minimum Gasteiger partial charge on any atom is -0.508 e. The summed E-state index contributed by atoms with van der Waals surface area (Å²) in [4.78, 5) is 153. The second kappa shape index (κ2) is 42.8. The number of aliphatic carboxylic acids is 3. The average Bonchev–Trinajstić information content (AvgIpc) is 1.17. The van der Waals surface area contributed by atoms with Crippen LogP contribution in [-0.4, -0.2) is 276 Å². The number of nitrogens with zero attached hydrogens (tertiary/aromatic N) is 7. The van der Waals surface area contributed by atoms with Crippen LogP contribution in [0.15, 0.2) is 101 Å². The monoisotopic (exact) mass is 1460 g/mol. The van der Waals surface area contributed by atoms with Gasteiger partial charge >= 0.3 is 37.7 Å². The van der Waals surface area contributed by atoms with Crippen molar-refractivity contribution in [2.75, 3.05) is 110 Å². The molecule has 0 radical (unpaired) electrons. The number of aromatic hydroxyl groups is 1. The predicted octanol–water partition coefficient (Wildman–Crippen LogP) is -1.85. The number of fused-ring (bicyclic) bond motifs is 1. The van der Waals surface area contributed by atoms with E-state index < -0.39 is 83.6 Å². The van der Waals surface area contributed by atoms with E-state index in [0.29, 0.717) is 54.5 Å². The second-order valence-corrected chi connectivity index (χ2v) is 25.6. The molecular formula is C67H95GaN17O14S+3. The summed E-state index contributed by atoms with van der Waals surface area (Å²) in [6, 6.07) is 19.6. The van der Waals surface area contributed by atoms with Crippen molar-refractivity contribution < 1.29 is 68.4 Å². The van der Waals surface area contributed by atoms with E-state index in [-0.39, 0.29) is 185 Å². The van der Waals surface area contributed by atoms with E-state index in [0.717, 1.165) is 22.5 Å². The Hall–Kier alpha value is -8.99. The second-order valence-electron chi connectivity index (χ2n) is 24.6. The van der Waals surface area contributed by atoms with Crippen molar-refractivity contribution in [1.82, 2.24) is 56.4 Å². The molecule has 2 saturated heterocycles. The Morgan fingerprint density at radius 3 is 1.55 bits per heavy atom. The van der Waals surface area contributed by atoms with E-state index >= 15 is 9.59 Å². The maximum absolute atomic E-state index is 15.3. The molecule has 0 unspecified atom stereocenters. The van der Waals surface area contributed by atoms with Gasteiger partial charge in [-0.15, -0.1) is 11.8 Å². The van der Waals surface area contributed by atoms with Gasteiger partial charge in [-0.05, 0) is 77.8 Å². The zero-order valence-corrected chi connectivity index (χ0v) is 59.7. The number of thioether (sulfide) groups is 1. The summed E-state index contributed by atoms with van der Waals surface area (Å²) in [5, 5.41) is 58.0. The van der Waals surface area contributed by atoms with Gasteiger partial charge in [-0.25, -0.2) is 0 Å². The molecule has 2 fully saturated rings. The standard InChI is InChI=1S/C67H95N17O14S.Ga/c1-44-61(94)76-52(14-9-22-73-67(70)71)62(95)77-53(35-46-15-18-49-12-4-5-13-50(49)33-46)63(96)79-55(64(97)78-54(34-45-16-19-51(85)20-17-45)65(98)84(44)23-7-3-2-6-21-72-66(68)69)42-99-43-57(87)75-37-48-11-8-10-47(32-48)36-74-56(86)38-80-24-26-81(39-58(88)89)28-30-83(41-60(92)93)31-29-82(27-25-80)40-59(90)91;/h4-5,8,10-13,15-20,32-33,44,52-55,85H,2-3,6-7,9,14,21-31,34-43H2,1H3,(H,74,86)(H,75,87)(H,76,94)(H,77,95)(H,78,97)(H,79,96)(H,88,89)(H,90,91)(H,92,93)(H4,68,69,72)(H4,70,71,73);/q;+3/t44-,52+,53+,54-,55-;/m1./s1. The molecule has 4 aromatic rings. The molecule has 2 heterocycles. The number of carboxylic acid groups (broad SMARTS) is 3. The molecule has 538 valence electrons. The Labute approximate surface area is 598 Å². The number of phenolic OH excluding ortho intramolecular Hbond substituents is 1. The van der Waals surface area contributed by atoms with Crippen molar-refractivity contribution in [2.45, 2.75) is 102 Å². The number of unbranched alkanes of at least 4 members (excludes halogenated alkanes) is 3. The first kappa shape index (κ1) is 81.7. The number of rotatable bonds is 31. The van der Waals surface area contributed by atoms with Crippen LogP contribution in [0, 0.1) is 0 Å². The SMILES string of the molecule is C[C@@H]1C(=O)N[C@@H](CCCN=C(N)N)C(=O)N[C@@H](Cc2ccc3ccccc3c2)C(=O)N[C@H](CSCC(=O)NCc2cccc(CNC(=O)CN3CCN(CC(=O)O)CCN(CC(=O)O)CCN(CC(=O)O)CC3)c2)C(=O)N[C@H](Cc2ccc(O)cc2)C(=O)N1CCCCCCN=C(N)N.[Ga+3]. The van der Waals surface area contributed by atoms with Gasteiger partial charge in [0, 0.05) is 104 Å². The average molecular weight is 1460 g/mol. The van der Waals surface area contributed by atoms with E-state index in [1.165, 1.54) is 24.0 Å². The molecule has 0 aliphatic carbocycles. The summed E-state index contributed by atoms with van der Waals surface area (Å²) >= 11 is 1.02. The van der Waals surface area contributed by atoms with Crippen LogP contribution in [0.5, 0.6) is 5.75 Å². The number of phenols is 1. The molecular weight excluding hydrogens is 1370 g/mol. The predicted molar refractivity (Wildman–Crippen MR) is 379 cm³/mol. The Bertz CT molecular complexity index is 3420. The van der Waals surface area contributed by atoms with Crippen LogP contribution in [0.1, 0.15) is 67.7 Å².